The summed E-state index contributed by atoms with van der Waals surface area (Å²) < 4.78 is 89.4. The highest BCUT2D eigenvalue weighted by atomic mass is 35.5. The zero-order chi connectivity index (χ0) is 27.8. The van der Waals surface area contributed by atoms with Gasteiger partial charge in [0.1, 0.15) is 11.6 Å². The molecule has 4 aromatic rings. The van der Waals surface area contributed by atoms with E-state index in [1.807, 2.05) is 0 Å². The number of carbonyl (C=O) groups is 1. The Labute approximate surface area is 219 Å². The number of benzene rings is 3. The van der Waals surface area contributed by atoms with Crippen LogP contribution >= 0.6 is 11.6 Å². The number of rotatable bonds is 6. The van der Waals surface area contributed by atoms with E-state index >= 15 is 0 Å². The van der Waals surface area contributed by atoms with Crippen LogP contribution in [0.2, 0.25) is 5.02 Å². The number of amides is 1. The molecule has 0 fully saturated rings. The van der Waals surface area contributed by atoms with Crippen LogP contribution in [-0.2, 0) is 12.7 Å². The number of fused-ring (bicyclic) bond motifs is 1. The quantitative estimate of drug-likeness (QED) is 0.225. The molecule has 0 atom stereocenters. The molecule has 1 amide bonds. The lowest BCUT2D eigenvalue weighted by Crippen LogP contribution is -2.33. The Hall–Kier alpha value is -3.66. The topological polar surface area (TPSA) is 34.5 Å². The molecule has 0 unspecified atom stereocenters. The highest BCUT2D eigenvalue weighted by Gasteiger charge is 2.32. The van der Waals surface area contributed by atoms with Crippen LogP contribution in [0.15, 0.2) is 54.7 Å². The molecule has 38 heavy (non-hydrogen) atoms. The maximum absolute atomic E-state index is 14.7. The summed E-state index contributed by atoms with van der Waals surface area (Å²) in [6, 6.07) is 8.93. The number of halogens is 7. The fourth-order valence-electron chi connectivity index (χ4n) is 4.17. The van der Waals surface area contributed by atoms with Crippen molar-refractivity contribution in [2.75, 3.05) is 13.1 Å². The predicted octanol–water partition coefficient (Wildman–Crippen LogP) is 8.29. The van der Waals surface area contributed by atoms with Crippen molar-refractivity contribution in [3.8, 4) is 16.9 Å². The second kappa shape index (κ2) is 10.6. The number of aromatic nitrogens is 1. The Morgan fingerprint density at radius 2 is 1.68 bits per heavy atom. The van der Waals surface area contributed by atoms with E-state index in [9.17, 15) is 31.1 Å². The number of hydrogen-bond acceptors (Lipinski definition) is 2. The van der Waals surface area contributed by atoms with Crippen LogP contribution in [-0.4, -0.2) is 28.6 Å². The Bertz CT molecular complexity index is 1510. The molecule has 0 aliphatic rings. The summed E-state index contributed by atoms with van der Waals surface area (Å²) in [6.07, 6.45) is -3.88. The maximum Gasteiger partial charge on any atom is 0.416 e. The van der Waals surface area contributed by atoms with Gasteiger partial charge < -0.3 is 14.2 Å². The SMILES string of the molecule is CCN(CC)C(=O)Oc1ccc2c(ccn2Cc2cc(C(F)(F)F)cc(Cl)c2F)c1-c1ccc(F)c(F)c1. The second-order valence-electron chi connectivity index (χ2n) is 8.41. The minimum Gasteiger partial charge on any atom is -0.410 e. The van der Waals surface area contributed by atoms with E-state index in [2.05, 4.69) is 0 Å². The van der Waals surface area contributed by atoms with Gasteiger partial charge in [-0.1, -0.05) is 17.7 Å². The second-order valence-corrected chi connectivity index (χ2v) is 8.82. The largest absolute Gasteiger partial charge is 0.416 e. The van der Waals surface area contributed by atoms with Gasteiger partial charge in [0, 0.05) is 41.3 Å². The molecule has 0 aliphatic heterocycles. The minimum atomic E-state index is -4.73. The molecule has 4 rings (SSSR count). The highest BCUT2D eigenvalue weighted by Crippen LogP contribution is 2.39. The fourth-order valence-corrected chi connectivity index (χ4v) is 4.41. The molecule has 0 radical (unpaired) electrons. The molecule has 0 saturated carbocycles. The maximum atomic E-state index is 14.7. The van der Waals surface area contributed by atoms with Gasteiger partial charge in [0.05, 0.1) is 17.1 Å². The van der Waals surface area contributed by atoms with Gasteiger partial charge in [-0.2, -0.15) is 13.2 Å². The first-order valence-corrected chi connectivity index (χ1v) is 11.9. The Morgan fingerprint density at radius 1 is 0.974 bits per heavy atom. The number of ether oxygens (including phenoxy) is 1. The van der Waals surface area contributed by atoms with Gasteiger partial charge in [0.25, 0.3) is 0 Å². The van der Waals surface area contributed by atoms with Crippen LogP contribution in [0.4, 0.5) is 31.1 Å². The Balaban J connectivity index is 1.85. The molecule has 4 nitrogen and oxygen atoms in total. The molecule has 0 aliphatic carbocycles. The van der Waals surface area contributed by atoms with Crippen LogP contribution in [0.25, 0.3) is 22.0 Å². The van der Waals surface area contributed by atoms with Crippen molar-refractivity contribution < 1.29 is 35.9 Å². The van der Waals surface area contributed by atoms with Crippen LogP contribution in [0.1, 0.15) is 25.0 Å². The van der Waals surface area contributed by atoms with Crippen molar-refractivity contribution in [2.24, 2.45) is 0 Å². The van der Waals surface area contributed by atoms with Gasteiger partial charge in [0.2, 0.25) is 0 Å². The molecule has 0 saturated heterocycles. The van der Waals surface area contributed by atoms with Crippen LogP contribution in [0.3, 0.4) is 0 Å². The highest BCUT2D eigenvalue weighted by molar-refractivity contribution is 6.30. The van der Waals surface area contributed by atoms with Crippen molar-refractivity contribution in [3.05, 3.63) is 88.3 Å². The van der Waals surface area contributed by atoms with E-state index in [4.69, 9.17) is 16.3 Å². The predicted molar refractivity (Wildman–Crippen MR) is 132 cm³/mol. The van der Waals surface area contributed by atoms with E-state index in [1.165, 1.54) is 33.9 Å². The number of nitrogens with zero attached hydrogens (tertiary/aromatic N) is 2. The Kier molecular flexibility index (Phi) is 7.64. The van der Waals surface area contributed by atoms with E-state index < -0.39 is 40.3 Å². The van der Waals surface area contributed by atoms with Crippen LogP contribution < -0.4 is 4.74 Å². The van der Waals surface area contributed by atoms with Gasteiger partial charge in [-0.3, -0.25) is 0 Å². The van der Waals surface area contributed by atoms with Crippen molar-refractivity contribution in [3.63, 3.8) is 0 Å². The molecule has 200 valence electrons. The monoisotopic (exact) mass is 554 g/mol. The van der Waals surface area contributed by atoms with Crippen molar-refractivity contribution in [1.82, 2.24) is 9.47 Å². The van der Waals surface area contributed by atoms with Crippen molar-refractivity contribution in [2.45, 2.75) is 26.6 Å². The molecule has 0 bridgehead atoms. The normalized spacial score (nSPS) is 11.7. The molecule has 3 aromatic carbocycles. The number of carbonyl (C=O) groups excluding carboxylic acids is 1. The molecular formula is C27H21ClF6N2O2. The van der Waals surface area contributed by atoms with Crippen LogP contribution in [0, 0.1) is 17.5 Å². The summed E-state index contributed by atoms with van der Waals surface area (Å²) in [7, 11) is 0. The summed E-state index contributed by atoms with van der Waals surface area (Å²) in [5.74, 6) is -3.13. The zero-order valence-electron chi connectivity index (χ0n) is 20.2. The van der Waals surface area contributed by atoms with E-state index in [0.29, 0.717) is 36.1 Å². The third-order valence-electron chi connectivity index (χ3n) is 6.11. The summed E-state index contributed by atoms with van der Waals surface area (Å²) in [6.45, 7) is 3.97. The lowest BCUT2D eigenvalue weighted by atomic mass is 10.00. The lowest BCUT2D eigenvalue weighted by Gasteiger charge is -2.20. The van der Waals surface area contributed by atoms with Gasteiger partial charge >= 0.3 is 12.3 Å². The molecular weight excluding hydrogens is 534 g/mol. The third kappa shape index (κ3) is 5.31. The minimum absolute atomic E-state index is 0.0615. The molecule has 0 N–H and O–H groups in total. The first-order chi connectivity index (χ1) is 17.9. The Morgan fingerprint density at radius 3 is 2.32 bits per heavy atom. The summed E-state index contributed by atoms with van der Waals surface area (Å²) >= 11 is 5.73. The summed E-state index contributed by atoms with van der Waals surface area (Å²) in [4.78, 5) is 14.1. The van der Waals surface area contributed by atoms with E-state index in [1.54, 1.807) is 19.9 Å². The molecule has 1 heterocycles. The molecule has 0 spiro atoms. The average molecular weight is 555 g/mol. The smallest absolute Gasteiger partial charge is 0.410 e. The molecule has 1 aromatic heterocycles. The molecule has 11 heteroatoms. The average Bonchev–Trinajstić information content (AvgIpc) is 3.26. The van der Waals surface area contributed by atoms with E-state index in [-0.39, 0.29) is 29.0 Å². The summed E-state index contributed by atoms with van der Waals surface area (Å²) in [5.41, 5.74) is -0.524. The van der Waals surface area contributed by atoms with Crippen LogP contribution in [0.5, 0.6) is 5.75 Å². The van der Waals surface area contributed by atoms with Gasteiger partial charge in [-0.15, -0.1) is 0 Å². The fraction of sp³-hybridized carbons (Fsp3) is 0.222. The third-order valence-corrected chi connectivity index (χ3v) is 6.39. The van der Waals surface area contributed by atoms with Crippen molar-refractivity contribution in [1.29, 1.82) is 0 Å². The lowest BCUT2D eigenvalue weighted by molar-refractivity contribution is -0.137. The standard InChI is InChI=1S/C27H21ClF6N2O2/c1-3-35(4-2)26(37)38-23-8-7-22-18(24(23)15-5-6-20(29)21(30)12-15)9-10-36(22)14-16-11-17(27(32,33)34)13-19(28)25(16)31/h5-13H,3-4,14H2,1-2H3. The number of hydrogen-bond donors (Lipinski definition) is 0. The van der Waals surface area contributed by atoms with Gasteiger partial charge in [-0.25, -0.2) is 18.0 Å². The van der Waals surface area contributed by atoms with Gasteiger partial charge in [-0.05, 0) is 61.9 Å². The first kappa shape index (κ1) is 27.4. The number of alkyl halides is 3. The zero-order valence-corrected chi connectivity index (χ0v) is 20.9. The van der Waals surface area contributed by atoms with Crippen molar-refractivity contribution >= 4 is 28.6 Å². The summed E-state index contributed by atoms with van der Waals surface area (Å²) in [5, 5.41) is -0.251. The van der Waals surface area contributed by atoms with Gasteiger partial charge in [0.15, 0.2) is 11.6 Å². The van der Waals surface area contributed by atoms with E-state index in [0.717, 1.165) is 12.1 Å². The first-order valence-electron chi connectivity index (χ1n) is 11.5.